The van der Waals surface area contributed by atoms with Crippen LogP contribution < -0.4 is 5.32 Å². The third-order valence-corrected chi connectivity index (χ3v) is 6.57. The summed E-state index contributed by atoms with van der Waals surface area (Å²) in [6, 6.07) is 0.725. The summed E-state index contributed by atoms with van der Waals surface area (Å²) < 4.78 is 0. The van der Waals surface area contributed by atoms with Crippen molar-refractivity contribution in [2.24, 2.45) is 11.3 Å². The Labute approximate surface area is 118 Å². The molecule has 2 rings (SSSR count). The SMILES string of the molecule is CCNC1C(SCC2CCCC2)CCCC1(C)C. The standard InChI is InChI=1S/C16H31NS/c1-4-17-15-14(10-7-11-16(15,2)3)18-12-13-8-5-6-9-13/h13-15,17H,4-12H2,1-3H3. The quantitative estimate of drug-likeness (QED) is 0.790. The summed E-state index contributed by atoms with van der Waals surface area (Å²) in [6.45, 7) is 8.29. The molecule has 0 aromatic carbocycles. The van der Waals surface area contributed by atoms with E-state index >= 15 is 0 Å². The van der Waals surface area contributed by atoms with Crippen molar-refractivity contribution in [3.05, 3.63) is 0 Å². The Morgan fingerprint density at radius 3 is 2.50 bits per heavy atom. The highest BCUT2D eigenvalue weighted by Gasteiger charge is 2.38. The Balaban J connectivity index is 1.87. The van der Waals surface area contributed by atoms with Crippen molar-refractivity contribution < 1.29 is 0 Å². The van der Waals surface area contributed by atoms with Gasteiger partial charge < -0.3 is 5.32 Å². The second-order valence-electron chi connectivity index (χ2n) is 6.94. The number of nitrogens with one attached hydrogen (secondary N) is 1. The second kappa shape index (κ2) is 6.65. The molecular weight excluding hydrogens is 238 g/mol. The van der Waals surface area contributed by atoms with E-state index in [1.807, 2.05) is 0 Å². The van der Waals surface area contributed by atoms with Gasteiger partial charge in [-0.3, -0.25) is 0 Å². The first-order chi connectivity index (χ1) is 8.63. The van der Waals surface area contributed by atoms with Crippen LogP contribution in [0, 0.1) is 11.3 Å². The van der Waals surface area contributed by atoms with E-state index in [9.17, 15) is 0 Å². The summed E-state index contributed by atoms with van der Waals surface area (Å²) in [5.74, 6) is 2.45. The Bertz CT molecular complexity index is 245. The molecule has 2 fully saturated rings. The zero-order valence-corrected chi connectivity index (χ0v) is 13.3. The molecule has 0 aliphatic heterocycles. The van der Waals surface area contributed by atoms with Gasteiger partial charge in [0.2, 0.25) is 0 Å². The van der Waals surface area contributed by atoms with Crippen molar-refractivity contribution in [2.45, 2.75) is 77.0 Å². The first-order valence-corrected chi connectivity index (χ1v) is 9.03. The van der Waals surface area contributed by atoms with E-state index < -0.39 is 0 Å². The molecule has 2 unspecified atom stereocenters. The first-order valence-electron chi connectivity index (χ1n) is 7.98. The highest BCUT2D eigenvalue weighted by atomic mass is 32.2. The Kier molecular flexibility index (Phi) is 5.44. The number of thioether (sulfide) groups is 1. The van der Waals surface area contributed by atoms with E-state index in [-0.39, 0.29) is 0 Å². The molecule has 0 amide bonds. The number of rotatable bonds is 5. The van der Waals surface area contributed by atoms with Crippen LogP contribution in [0.15, 0.2) is 0 Å². The molecule has 0 aromatic heterocycles. The molecule has 1 nitrogen and oxygen atoms in total. The van der Waals surface area contributed by atoms with Crippen LogP contribution in [0.4, 0.5) is 0 Å². The van der Waals surface area contributed by atoms with Crippen molar-refractivity contribution in [3.8, 4) is 0 Å². The van der Waals surface area contributed by atoms with Gasteiger partial charge in [-0.25, -0.2) is 0 Å². The van der Waals surface area contributed by atoms with E-state index in [2.05, 4.69) is 37.8 Å². The van der Waals surface area contributed by atoms with Crippen LogP contribution in [-0.4, -0.2) is 23.6 Å². The van der Waals surface area contributed by atoms with Crippen molar-refractivity contribution in [2.75, 3.05) is 12.3 Å². The van der Waals surface area contributed by atoms with E-state index in [1.54, 1.807) is 0 Å². The Hall–Kier alpha value is 0.310. The molecule has 18 heavy (non-hydrogen) atoms. The fourth-order valence-electron chi connectivity index (χ4n) is 3.83. The summed E-state index contributed by atoms with van der Waals surface area (Å²) >= 11 is 2.28. The van der Waals surface area contributed by atoms with E-state index in [4.69, 9.17) is 0 Å². The van der Waals surface area contributed by atoms with Gasteiger partial charge in [0.15, 0.2) is 0 Å². The Morgan fingerprint density at radius 2 is 1.83 bits per heavy atom. The lowest BCUT2D eigenvalue weighted by atomic mass is 9.73. The molecule has 0 heterocycles. The van der Waals surface area contributed by atoms with Crippen LogP contribution in [0.1, 0.15) is 65.7 Å². The third-order valence-electron chi connectivity index (χ3n) is 4.97. The van der Waals surface area contributed by atoms with Gasteiger partial charge in [0, 0.05) is 11.3 Å². The number of hydrogen-bond donors (Lipinski definition) is 1. The lowest BCUT2D eigenvalue weighted by Crippen LogP contribution is -2.51. The molecular formula is C16H31NS. The van der Waals surface area contributed by atoms with Crippen LogP contribution in [0.3, 0.4) is 0 Å². The summed E-state index contributed by atoms with van der Waals surface area (Å²) in [4.78, 5) is 0. The zero-order chi connectivity index (χ0) is 13.0. The topological polar surface area (TPSA) is 12.0 Å². The molecule has 2 aliphatic carbocycles. The van der Waals surface area contributed by atoms with E-state index in [0.717, 1.165) is 23.8 Å². The predicted molar refractivity (Wildman–Crippen MR) is 83.3 cm³/mol. The lowest BCUT2D eigenvalue weighted by Gasteiger charge is -2.44. The molecule has 106 valence electrons. The maximum atomic E-state index is 3.78. The summed E-state index contributed by atoms with van der Waals surface area (Å²) in [5, 5.41) is 4.64. The minimum atomic E-state index is 0.488. The van der Waals surface area contributed by atoms with Crippen LogP contribution in [0.2, 0.25) is 0 Å². The maximum absolute atomic E-state index is 3.78. The summed E-state index contributed by atoms with van der Waals surface area (Å²) in [7, 11) is 0. The minimum absolute atomic E-state index is 0.488. The predicted octanol–water partition coefficient (Wildman–Crippen LogP) is 4.47. The van der Waals surface area contributed by atoms with Crippen molar-refractivity contribution in [1.82, 2.24) is 5.32 Å². The fraction of sp³-hybridized carbons (Fsp3) is 1.00. The van der Waals surface area contributed by atoms with Crippen LogP contribution >= 0.6 is 11.8 Å². The third kappa shape index (κ3) is 3.66. The maximum Gasteiger partial charge on any atom is 0.0237 e. The minimum Gasteiger partial charge on any atom is -0.313 e. The van der Waals surface area contributed by atoms with Gasteiger partial charge in [0.1, 0.15) is 0 Å². The molecule has 0 aromatic rings. The van der Waals surface area contributed by atoms with Gasteiger partial charge in [-0.15, -0.1) is 0 Å². The number of hydrogen-bond acceptors (Lipinski definition) is 2. The van der Waals surface area contributed by atoms with Gasteiger partial charge in [-0.2, -0.15) is 11.8 Å². The van der Waals surface area contributed by atoms with Crippen LogP contribution in [0.25, 0.3) is 0 Å². The summed E-state index contributed by atoms with van der Waals surface area (Å²) in [6.07, 6.45) is 10.2. The highest BCUT2D eigenvalue weighted by molar-refractivity contribution is 7.99. The van der Waals surface area contributed by atoms with Gasteiger partial charge in [0.25, 0.3) is 0 Å². The van der Waals surface area contributed by atoms with Crippen molar-refractivity contribution in [3.63, 3.8) is 0 Å². The first kappa shape index (κ1) is 14.7. The largest absolute Gasteiger partial charge is 0.313 e. The molecule has 0 radical (unpaired) electrons. The molecule has 0 saturated heterocycles. The molecule has 0 spiro atoms. The molecule has 2 aliphatic rings. The molecule has 0 bridgehead atoms. The second-order valence-corrected chi connectivity index (χ2v) is 8.21. The monoisotopic (exact) mass is 269 g/mol. The smallest absolute Gasteiger partial charge is 0.0237 e. The fourth-order valence-corrected chi connectivity index (χ4v) is 5.67. The summed E-state index contributed by atoms with van der Waals surface area (Å²) in [5.41, 5.74) is 0.488. The van der Waals surface area contributed by atoms with Gasteiger partial charge in [-0.1, -0.05) is 40.0 Å². The molecule has 1 N–H and O–H groups in total. The van der Waals surface area contributed by atoms with E-state index in [0.29, 0.717) is 5.41 Å². The average molecular weight is 269 g/mol. The Morgan fingerprint density at radius 1 is 1.11 bits per heavy atom. The van der Waals surface area contributed by atoms with Crippen molar-refractivity contribution in [1.29, 1.82) is 0 Å². The molecule has 2 atom stereocenters. The van der Waals surface area contributed by atoms with Crippen molar-refractivity contribution >= 4 is 11.8 Å². The van der Waals surface area contributed by atoms with Gasteiger partial charge in [-0.05, 0) is 49.3 Å². The molecule has 2 heteroatoms. The van der Waals surface area contributed by atoms with Crippen LogP contribution in [-0.2, 0) is 0 Å². The average Bonchev–Trinajstić information content (AvgIpc) is 2.83. The van der Waals surface area contributed by atoms with Gasteiger partial charge in [0.05, 0.1) is 0 Å². The molecule has 2 saturated carbocycles. The lowest BCUT2D eigenvalue weighted by molar-refractivity contribution is 0.176. The van der Waals surface area contributed by atoms with Gasteiger partial charge >= 0.3 is 0 Å². The van der Waals surface area contributed by atoms with Crippen LogP contribution in [0.5, 0.6) is 0 Å². The zero-order valence-electron chi connectivity index (χ0n) is 12.5. The highest BCUT2D eigenvalue weighted by Crippen LogP contribution is 2.42. The van der Waals surface area contributed by atoms with E-state index in [1.165, 1.54) is 50.7 Å². The normalized spacial score (nSPS) is 32.8.